The second-order valence-electron chi connectivity index (χ2n) is 6.34. The van der Waals surface area contributed by atoms with Gasteiger partial charge >= 0.3 is 0 Å². The monoisotopic (exact) mass is 319 g/mol. The van der Waals surface area contributed by atoms with E-state index in [1.165, 1.54) is 10.9 Å². The van der Waals surface area contributed by atoms with Crippen LogP contribution in [0.5, 0.6) is 0 Å². The number of benzene rings is 2. The molecule has 2 heterocycles. The molecule has 0 aliphatic carbocycles. The number of rotatable bonds is 3. The molecule has 0 unspecified atom stereocenters. The molecule has 3 aromatic rings. The molecule has 4 nitrogen and oxygen atoms in total. The molecular formula is C20H21N3O. The van der Waals surface area contributed by atoms with Crippen molar-refractivity contribution in [3.8, 4) is 0 Å². The van der Waals surface area contributed by atoms with Gasteiger partial charge in [-0.25, -0.2) is 0 Å². The van der Waals surface area contributed by atoms with Gasteiger partial charge in [-0.3, -0.25) is 4.79 Å². The molecule has 2 atom stereocenters. The Labute approximate surface area is 141 Å². The summed E-state index contributed by atoms with van der Waals surface area (Å²) in [7, 11) is 0. The minimum atomic E-state index is -0.327. The Morgan fingerprint density at radius 3 is 2.71 bits per heavy atom. The fraction of sp³-hybridized carbons (Fsp3) is 0.250. The lowest BCUT2D eigenvalue weighted by Crippen LogP contribution is -2.42. The highest BCUT2D eigenvalue weighted by atomic mass is 16.2. The Hall–Kier alpha value is -2.59. The van der Waals surface area contributed by atoms with Gasteiger partial charge in [0.05, 0.1) is 6.04 Å². The first kappa shape index (κ1) is 15.0. The van der Waals surface area contributed by atoms with Crippen molar-refractivity contribution in [2.75, 3.05) is 6.54 Å². The number of carbonyl (C=O) groups excluding carboxylic acids is 1. The van der Waals surface area contributed by atoms with E-state index in [9.17, 15) is 4.79 Å². The van der Waals surface area contributed by atoms with E-state index >= 15 is 0 Å². The van der Waals surface area contributed by atoms with E-state index in [4.69, 9.17) is 0 Å². The summed E-state index contributed by atoms with van der Waals surface area (Å²) in [5.74, 6) is 0.0128. The molecule has 2 aromatic carbocycles. The summed E-state index contributed by atoms with van der Waals surface area (Å²) in [5, 5.41) is 7.70. The highest BCUT2D eigenvalue weighted by Gasteiger charge is 2.29. The number of nitrogens with one attached hydrogen (secondary N) is 3. The lowest BCUT2D eigenvalue weighted by atomic mass is 9.98. The van der Waals surface area contributed by atoms with Crippen molar-refractivity contribution in [1.82, 2.24) is 15.6 Å². The van der Waals surface area contributed by atoms with Crippen molar-refractivity contribution in [3.63, 3.8) is 0 Å². The maximum Gasteiger partial charge on any atom is 0.243 e. The number of aromatic amines is 1. The first-order valence-electron chi connectivity index (χ1n) is 8.42. The van der Waals surface area contributed by atoms with E-state index in [0.29, 0.717) is 0 Å². The summed E-state index contributed by atoms with van der Waals surface area (Å²) in [5.41, 5.74) is 4.47. The van der Waals surface area contributed by atoms with E-state index in [1.807, 2.05) is 49.4 Å². The summed E-state index contributed by atoms with van der Waals surface area (Å²) < 4.78 is 0. The number of H-pyrrole nitrogens is 1. The zero-order valence-corrected chi connectivity index (χ0v) is 13.7. The zero-order chi connectivity index (χ0) is 16.5. The van der Waals surface area contributed by atoms with E-state index in [2.05, 4.69) is 27.8 Å². The Bertz CT molecular complexity index is 869. The number of aromatic nitrogens is 1. The minimum Gasteiger partial charge on any atom is -0.356 e. The van der Waals surface area contributed by atoms with Crippen molar-refractivity contribution in [3.05, 3.63) is 71.4 Å². The molecule has 1 aliphatic heterocycles. The topological polar surface area (TPSA) is 56.9 Å². The molecule has 0 fully saturated rings. The summed E-state index contributed by atoms with van der Waals surface area (Å²) in [4.78, 5) is 16.3. The SMILES string of the molecule is C[C@@H](NC(=O)[C@@H]1NCCc2c1[nH]c1ccccc21)c1ccccc1. The molecule has 24 heavy (non-hydrogen) atoms. The van der Waals surface area contributed by atoms with Crippen LogP contribution in [0, 0.1) is 0 Å². The van der Waals surface area contributed by atoms with Crippen LogP contribution < -0.4 is 10.6 Å². The van der Waals surface area contributed by atoms with E-state index in [1.54, 1.807) is 0 Å². The molecule has 0 radical (unpaired) electrons. The predicted octanol–water partition coefficient (Wildman–Crippen LogP) is 3.23. The third kappa shape index (κ3) is 2.59. The number of hydrogen-bond donors (Lipinski definition) is 3. The van der Waals surface area contributed by atoms with E-state index in [-0.39, 0.29) is 18.0 Å². The molecule has 0 saturated carbocycles. The number of para-hydroxylation sites is 1. The van der Waals surface area contributed by atoms with Gasteiger partial charge in [0.15, 0.2) is 0 Å². The van der Waals surface area contributed by atoms with Crippen LogP contribution in [0.15, 0.2) is 54.6 Å². The largest absolute Gasteiger partial charge is 0.356 e. The highest BCUT2D eigenvalue weighted by Crippen LogP contribution is 2.30. The smallest absolute Gasteiger partial charge is 0.243 e. The van der Waals surface area contributed by atoms with Crippen LogP contribution in [0.4, 0.5) is 0 Å². The average molecular weight is 319 g/mol. The molecule has 0 spiro atoms. The van der Waals surface area contributed by atoms with Crippen LogP contribution in [0.2, 0.25) is 0 Å². The van der Waals surface area contributed by atoms with Crippen LogP contribution in [0.25, 0.3) is 10.9 Å². The lowest BCUT2D eigenvalue weighted by Gasteiger charge is -2.25. The number of carbonyl (C=O) groups is 1. The fourth-order valence-electron chi connectivity index (χ4n) is 3.53. The van der Waals surface area contributed by atoms with Crippen molar-refractivity contribution < 1.29 is 4.79 Å². The molecule has 0 bridgehead atoms. The predicted molar refractivity (Wildman–Crippen MR) is 95.7 cm³/mol. The van der Waals surface area contributed by atoms with Gasteiger partial charge in [-0.2, -0.15) is 0 Å². The Balaban J connectivity index is 1.60. The highest BCUT2D eigenvalue weighted by molar-refractivity contribution is 5.90. The van der Waals surface area contributed by atoms with Crippen molar-refractivity contribution in [1.29, 1.82) is 0 Å². The molecule has 4 rings (SSSR count). The van der Waals surface area contributed by atoms with Crippen LogP contribution in [0.3, 0.4) is 0 Å². The number of fused-ring (bicyclic) bond motifs is 3. The first-order chi connectivity index (χ1) is 11.7. The second-order valence-corrected chi connectivity index (χ2v) is 6.34. The van der Waals surface area contributed by atoms with Gasteiger partial charge in [-0.05, 0) is 30.5 Å². The summed E-state index contributed by atoms with van der Waals surface area (Å²) in [6.07, 6.45) is 0.942. The van der Waals surface area contributed by atoms with Gasteiger partial charge in [0.25, 0.3) is 0 Å². The molecular weight excluding hydrogens is 298 g/mol. The summed E-state index contributed by atoms with van der Waals surface area (Å²) in [6, 6.07) is 17.9. The molecule has 1 aromatic heterocycles. The standard InChI is InChI=1S/C20H21N3O/c1-13(14-7-3-2-4-8-14)22-20(24)19-18-16(11-12-21-19)15-9-5-6-10-17(15)23-18/h2-10,13,19,21,23H,11-12H2,1H3,(H,22,24)/t13-,19-/m1/s1. The number of hydrogen-bond acceptors (Lipinski definition) is 2. The number of amides is 1. The average Bonchev–Trinajstić information content (AvgIpc) is 3.01. The fourth-order valence-corrected chi connectivity index (χ4v) is 3.53. The van der Waals surface area contributed by atoms with Gasteiger partial charge in [0.2, 0.25) is 5.91 Å². The molecule has 0 saturated heterocycles. The Morgan fingerprint density at radius 2 is 1.88 bits per heavy atom. The molecule has 4 heteroatoms. The second kappa shape index (κ2) is 6.13. The van der Waals surface area contributed by atoms with Crippen LogP contribution in [-0.4, -0.2) is 17.4 Å². The first-order valence-corrected chi connectivity index (χ1v) is 8.42. The quantitative estimate of drug-likeness (QED) is 0.694. The van der Waals surface area contributed by atoms with Crippen LogP contribution >= 0.6 is 0 Å². The van der Waals surface area contributed by atoms with Gasteiger partial charge in [0, 0.05) is 23.1 Å². The van der Waals surface area contributed by atoms with Gasteiger partial charge in [0.1, 0.15) is 6.04 Å². The maximum absolute atomic E-state index is 12.8. The molecule has 122 valence electrons. The summed E-state index contributed by atoms with van der Waals surface area (Å²) in [6.45, 7) is 2.83. The van der Waals surface area contributed by atoms with Crippen LogP contribution in [-0.2, 0) is 11.2 Å². The minimum absolute atomic E-state index is 0.0128. The van der Waals surface area contributed by atoms with Crippen molar-refractivity contribution in [2.45, 2.75) is 25.4 Å². The normalized spacial score (nSPS) is 18.1. The Kier molecular flexibility index (Phi) is 3.82. The summed E-state index contributed by atoms with van der Waals surface area (Å²) >= 11 is 0. The third-order valence-corrected chi connectivity index (χ3v) is 4.78. The van der Waals surface area contributed by atoms with Crippen molar-refractivity contribution in [2.24, 2.45) is 0 Å². The van der Waals surface area contributed by atoms with Crippen molar-refractivity contribution >= 4 is 16.8 Å². The van der Waals surface area contributed by atoms with E-state index in [0.717, 1.165) is 29.7 Å². The Morgan fingerprint density at radius 1 is 1.12 bits per heavy atom. The van der Waals surface area contributed by atoms with Gasteiger partial charge in [-0.15, -0.1) is 0 Å². The maximum atomic E-state index is 12.8. The van der Waals surface area contributed by atoms with Crippen LogP contribution in [0.1, 0.15) is 35.8 Å². The lowest BCUT2D eigenvalue weighted by molar-refractivity contribution is -0.124. The third-order valence-electron chi connectivity index (χ3n) is 4.78. The molecule has 1 aliphatic rings. The van der Waals surface area contributed by atoms with Gasteiger partial charge in [-0.1, -0.05) is 48.5 Å². The molecule has 1 amide bonds. The van der Waals surface area contributed by atoms with Gasteiger partial charge < -0.3 is 15.6 Å². The molecule has 3 N–H and O–H groups in total. The zero-order valence-electron chi connectivity index (χ0n) is 13.7. The van der Waals surface area contributed by atoms with E-state index < -0.39 is 0 Å².